The SMILES string of the molecule is CCCCCCCCCCC(=O)c1ncccc1CC. The normalized spacial score (nSPS) is 10.7. The number of nitrogens with zero attached hydrogens (tertiary/aromatic N) is 1. The van der Waals surface area contributed by atoms with Crippen LogP contribution >= 0.6 is 0 Å². The van der Waals surface area contributed by atoms with E-state index in [1.54, 1.807) is 6.20 Å². The van der Waals surface area contributed by atoms with Crippen LogP contribution in [0.4, 0.5) is 0 Å². The van der Waals surface area contributed by atoms with E-state index in [2.05, 4.69) is 18.8 Å². The smallest absolute Gasteiger partial charge is 0.181 e. The second-order valence-corrected chi connectivity index (χ2v) is 5.51. The molecule has 2 heteroatoms. The molecule has 0 bridgehead atoms. The number of Topliss-reactive ketones (excluding diaryl/α,β-unsaturated/α-hetero) is 1. The predicted molar refractivity (Wildman–Crippen MR) is 85.2 cm³/mol. The van der Waals surface area contributed by atoms with Crippen LogP contribution < -0.4 is 0 Å². The molecule has 1 aromatic heterocycles. The van der Waals surface area contributed by atoms with Gasteiger partial charge in [-0.15, -0.1) is 0 Å². The largest absolute Gasteiger partial charge is 0.292 e. The molecule has 0 N–H and O–H groups in total. The first-order valence-electron chi connectivity index (χ1n) is 8.26. The van der Waals surface area contributed by atoms with Crippen LogP contribution in [0.25, 0.3) is 0 Å². The van der Waals surface area contributed by atoms with Crippen molar-refractivity contribution in [3.05, 3.63) is 29.6 Å². The Morgan fingerprint density at radius 2 is 1.65 bits per heavy atom. The van der Waals surface area contributed by atoms with Gasteiger partial charge in [-0.25, -0.2) is 0 Å². The van der Waals surface area contributed by atoms with E-state index in [0.29, 0.717) is 12.1 Å². The van der Waals surface area contributed by atoms with Crippen molar-refractivity contribution in [2.45, 2.75) is 78.1 Å². The fourth-order valence-corrected chi connectivity index (χ4v) is 2.51. The summed E-state index contributed by atoms with van der Waals surface area (Å²) in [7, 11) is 0. The van der Waals surface area contributed by atoms with Crippen LogP contribution in [0.15, 0.2) is 18.3 Å². The summed E-state index contributed by atoms with van der Waals surface area (Å²) in [6, 6.07) is 3.92. The van der Waals surface area contributed by atoms with Gasteiger partial charge in [0.15, 0.2) is 5.78 Å². The Balaban J connectivity index is 2.17. The Hall–Kier alpha value is -1.18. The maximum atomic E-state index is 12.1. The molecule has 0 radical (unpaired) electrons. The van der Waals surface area contributed by atoms with Gasteiger partial charge in [0.05, 0.1) is 0 Å². The minimum absolute atomic E-state index is 0.216. The first kappa shape index (κ1) is 16.9. The zero-order valence-corrected chi connectivity index (χ0v) is 13.2. The van der Waals surface area contributed by atoms with Crippen molar-refractivity contribution in [3.63, 3.8) is 0 Å². The van der Waals surface area contributed by atoms with Crippen molar-refractivity contribution in [1.29, 1.82) is 0 Å². The Bertz CT molecular complexity index is 387. The van der Waals surface area contributed by atoms with Gasteiger partial charge in [-0.2, -0.15) is 0 Å². The summed E-state index contributed by atoms with van der Waals surface area (Å²) in [6.45, 7) is 4.32. The average Bonchev–Trinajstić information content (AvgIpc) is 2.49. The van der Waals surface area contributed by atoms with Crippen molar-refractivity contribution in [1.82, 2.24) is 4.98 Å². The van der Waals surface area contributed by atoms with Crippen molar-refractivity contribution in [3.8, 4) is 0 Å². The number of ketones is 1. The summed E-state index contributed by atoms with van der Waals surface area (Å²) in [6.07, 6.45) is 13.4. The van der Waals surface area contributed by atoms with E-state index in [0.717, 1.165) is 18.4 Å². The highest BCUT2D eigenvalue weighted by Gasteiger charge is 2.10. The fraction of sp³-hybridized carbons (Fsp3) is 0.667. The standard InChI is InChI=1S/C18H29NO/c1-3-5-6-7-8-9-10-11-14-17(20)18-16(4-2)13-12-15-19-18/h12-13,15H,3-11,14H2,1-2H3. The molecule has 0 unspecified atom stereocenters. The molecule has 20 heavy (non-hydrogen) atoms. The van der Waals surface area contributed by atoms with Gasteiger partial charge in [-0.05, 0) is 24.5 Å². The minimum atomic E-state index is 0.216. The van der Waals surface area contributed by atoms with Crippen molar-refractivity contribution in [2.24, 2.45) is 0 Å². The summed E-state index contributed by atoms with van der Waals surface area (Å²) in [4.78, 5) is 16.4. The van der Waals surface area contributed by atoms with Gasteiger partial charge >= 0.3 is 0 Å². The molecule has 0 saturated carbocycles. The molecular weight excluding hydrogens is 246 g/mol. The van der Waals surface area contributed by atoms with E-state index in [4.69, 9.17) is 0 Å². The zero-order chi connectivity index (χ0) is 14.6. The highest BCUT2D eigenvalue weighted by atomic mass is 16.1. The second kappa shape index (κ2) is 10.6. The Labute approximate surface area is 124 Å². The quantitative estimate of drug-likeness (QED) is 0.402. The van der Waals surface area contributed by atoms with Crippen LogP contribution in [0.3, 0.4) is 0 Å². The highest BCUT2D eigenvalue weighted by molar-refractivity contribution is 5.95. The second-order valence-electron chi connectivity index (χ2n) is 5.51. The molecule has 2 nitrogen and oxygen atoms in total. The Morgan fingerprint density at radius 1 is 1.00 bits per heavy atom. The molecule has 1 aromatic rings. The van der Waals surface area contributed by atoms with E-state index >= 15 is 0 Å². The first-order chi connectivity index (χ1) is 9.79. The average molecular weight is 275 g/mol. The van der Waals surface area contributed by atoms with Crippen LogP contribution in [-0.4, -0.2) is 10.8 Å². The van der Waals surface area contributed by atoms with Crippen LogP contribution in [0.5, 0.6) is 0 Å². The first-order valence-corrected chi connectivity index (χ1v) is 8.26. The summed E-state index contributed by atoms with van der Waals surface area (Å²) in [5.74, 6) is 0.216. The lowest BCUT2D eigenvalue weighted by Crippen LogP contribution is -2.06. The molecule has 0 fully saturated rings. The van der Waals surface area contributed by atoms with Crippen LogP contribution in [0.1, 0.15) is 87.7 Å². The van der Waals surface area contributed by atoms with Crippen LogP contribution in [0.2, 0.25) is 0 Å². The minimum Gasteiger partial charge on any atom is -0.292 e. The van der Waals surface area contributed by atoms with Gasteiger partial charge in [0.2, 0.25) is 0 Å². The number of aryl methyl sites for hydroxylation is 1. The Morgan fingerprint density at radius 3 is 2.30 bits per heavy atom. The van der Waals surface area contributed by atoms with Gasteiger partial charge < -0.3 is 0 Å². The molecule has 1 heterocycles. The monoisotopic (exact) mass is 275 g/mol. The van der Waals surface area contributed by atoms with Crippen LogP contribution in [-0.2, 0) is 6.42 Å². The molecule has 0 aliphatic carbocycles. The number of rotatable bonds is 11. The van der Waals surface area contributed by atoms with Crippen LogP contribution in [0, 0.1) is 0 Å². The Kier molecular flexibility index (Phi) is 8.93. The lowest BCUT2D eigenvalue weighted by molar-refractivity contribution is 0.0973. The van der Waals surface area contributed by atoms with E-state index in [9.17, 15) is 4.79 Å². The molecule has 0 aliphatic rings. The molecule has 112 valence electrons. The number of hydrogen-bond acceptors (Lipinski definition) is 2. The molecular formula is C18H29NO. The molecule has 0 amide bonds. The van der Waals surface area contributed by atoms with Gasteiger partial charge in [-0.3, -0.25) is 9.78 Å². The van der Waals surface area contributed by atoms with Gasteiger partial charge in [0, 0.05) is 12.6 Å². The zero-order valence-electron chi connectivity index (χ0n) is 13.2. The molecule has 0 saturated heterocycles. The fourth-order valence-electron chi connectivity index (χ4n) is 2.51. The van der Waals surface area contributed by atoms with Crippen molar-refractivity contribution >= 4 is 5.78 Å². The molecule has 0 spiro atoms. The number of carbonyl (C=O) groups is 1. The number of aromatic nitrogens is 1. The lowest BCUT2D eigenvalue weighted by Gasteiger charge is -2.05. The van der Waals surface area contributed by atoms with E-state index in [1.807, 2.05) is 12.1 Å². The van der Waals surface area contributed by atoms with E-state index < -0.39 is 0 Å². The molecule has 0 aromatic carbocycles. The third kappa shape index (κ3) is 6.31. The maximum Gasteiger partial charge on any atom is 0.181 e. The summed E-state index contributed by atoms with van der Waals surface area (Å²) >= 11 is 0. The third-order valence-corrected chi connectivity index (χ3v) is 3.79. The number of hydrogen-bond donors (Lipinski definition) is 0. The lowest BCUT2D eigenvalue weighted by atomic mass is 10.0. The topological polar surface area (TPSA) is 30.0 Å². The molecule has 0 aliphatic heterocycles. The third-order valence-electron chi connectivity index (χ3n) is 3.79. The van der Waals surface area contributed by atoms with E-state index in [-0.39, 0.29) is 5.78 Å². The molecule has 1 rings (SSSR count). The van der Waals surface area contributed by atoms with Crippen molar-refractivity contribution in [2.75, 3.05) is 0 Å². The van der Waals surface area contributed by atoms with Gasteiger partial charge in [0.25, 0.3) is 0 Å². The van der Waals surface area contributed by atoms with Gasteiger partial charge in [-0.1, -0.05) is 64.9 Å². The number of carbonyl (C=O) groups excluding carboxylic acids is 1. The number of pyridine rings is 1. The number of unbranched alkanes of at least 4 members (excludes halogenated alkanes) is 7. The predicted octanol–water partition coefficient (Wildman–Crippen LogP) is 5.36. The molecule has 0 atom stereocenters. The summed E-state index contributed by atoms with van der Waals surface area (Å²) < 4.78 is 0. The van der Waals surface area contributed by atoms with Gasteiger partial charge in [0.1, 0.15) is 5.69 Å². The summed E-state index contributed by atoms with van der Waals surface area (Å²) in [5.41, 5.74) is 1.77. The maximum absolute atomic E-state index is 12.1. The highest BCUT2D eigenvalue weighted by Crippen LogP contribution is 2.13. The summed E-state index contributed by atoms with van der Waals surface area (Å²) in [5, 5.41) is 0. The van der Waals surface area contributed by atoms with E-state index in [1.165, 1.54) is 44.9 Å². The van der Waals surface area contributed by atoms with Crippen molar-refractivity contribution < 1.29 is 4.79 Å².